The van der Waals surface area contributed by atoms with E-state index in [-0.39, 0.29) is 37.3 Å². The molecule has 0 aromatic heterocycles. The van der Waals surface area contributed by atoms with Gasteiger partial charge in [0, 0.05) is 25.6 Å². The standard InChI is InChI=1S/C17H27N3O3S.ClH/c1-12-9-13(2)17(14(3)10-12)24(22,23)19-8-6-16(21)20-15-5-4-7-18-11-15;/h9-10,15,18-19H,4-8,11H2,1-3H3,(H,20,21);1H. The number of benzene rings is 1. The summed E-state index contributed by atoms with van der Waals surface area (Å²) < 4.78 is 27.5. The highest BCUT2D eigenvalue weighted by molar-refractivity contribution is 7.89. The second-order valence-corrected chi connectivity index (χ2v) is 8.19. The van der Waals surface area contributed by atoms with Gasteiger partial charge in [0.2, 0.25) is 15.9 Å². The summed E-state index contributed by atoms with van der Waals surface area (Å²) in [6.45, 7) is 7.38. The second kappa shape index (κ2) is 9.52. The zero-order chi connectivity index (χ0) is 17.7. The minimum Gasteiger partial charge on any atom is -0.352 e. The lowest BCUT2D eigenvalue weighted by atomic mass is 10.1. The zero-order valence-electron chi connectivity index (χ0n) is 15.0. The molecule has 3 N–H and O–H groups in total. The number of sulfonamides is 1. The molecule has 1 unspecified atom stereocenters. The fourth-order valence-electron chi connectivity index (χ4n) is 3.24. The number of amides is 1. The predicted molar refractivity (Wildman–Crippen MR) is 102 cm³/mol. The molecule has 1 atom stereocenters. The van der Waals surface area contributed by atoms with Crippen LogP contribution in [0.1, 0.15) is 36.0 Å². The molecule has 8 heteroatoms. The molecule has 1 heterocycles. The molecule has 25 heavy (non-hydrogen) atoms. The summed E-state index contributed by atoms with van der Waals surface area (Å²) >= 11 is 0. The summed E-state index contributed by atoms with van der Waals surface area (Å²) in [6, 6.07) is 3.85. The zero-order valence-corrected chi connectivity index (χ0v) is 16.6. The second-order valence-electron chi connectivity index (χ2n) is 6.49. The normalized spacial score (nSPS) is 17.6. The maximum absolute atomic E-state index is 12.5. The summed E-state index contributed by atoms with van der Waals surface area (Å²) in [6.07, 6.45) is 2.15. The van der Waals surface area contributed by atoms with E-state index in [9.17, 15) is 13.2 Å². The Morgan fingerprint density at radius 3 is 2.44 bits per heavy atom. The highest BCUT2D eigenvalue weighted by Gasteiger charge is 2.20. The molecule has 1 fully saturated rings. The van der Waals surface area contributed by atoms with Crippen molar-refractivity contribution >= 4 is 28.3 Å². The van der Waals surface area contributed by atoms with Gasteiger partial charge in [0.15, 0.2) is 0 Å². The maximum Gasteiger partial charge on any atom is 0.241 e. The average Bonchev–Trinajstić information content (AvgIpc) is 2.46. The Morgan fingerprint density at radius 2 is 1.88 bits per heavy atom. The van der Waals surface area contributed by atoms with E-state index in [0.29, 0.717) is 4.90 Å². The van der Waals surface area contributed by atoms with Gasteiger partial charge in [-0.05, 0) is 51.3 Å². The van der Waals surface area contributed by atoms with Crippen molar-refractivity contribution in [3.63, 3.8) is 0 Å². The van der Waals surface area contributed by atoms with E-state index in [2.05, 4.69) is 15.4 Å². The van der Waals surface area contributed by atoms with Crippen molar-refractivity contribution in [3.05, 3.63) is 28.8 Å². The van der Waals surface area contributed by atoms with Crippen molar-refractivity contribution in [2.24, 2.45) is 0 Å². The fourth-order valence-corrected chi connectivity index (χ4v) is 4.72. The Labute approximate surface area is 156 Å². The van der Waals surface area contributed by atoms with Crippen LogP contribution >= 0.6 is 12.4 Å². The third kappa shape index (κ3) is 6.26. The minimum absolute atomic E-state index is 0. The Balaban J connectivity index is 0.00000312. The first-order valence-electron chi connectivity index (χ1n) is 8.37. The predicted octanol–water partition coefficient (Wildman–Crippen LogP) is 1.57. The molecule has 0 aliphatic carbocycles. The van der Waals surface area contributed by atoms with E-state index in [1.54, 1.807) is 13.8 Å². The minimum atomic E-state index is -3.61. The molecule has 0 radical (unpaired) electrons. The van der Waals surface area contributed by atoms with Crippen LogP contribution in [0.2, 0.25) is 0 Å². The third-order valence-corrected chi connectivity index (χ3v) is 5.95. The first-order chi connectivity index (χ1) is 11.3. The van der Waals surface area contributed by atoms with E-state index in [1.807, 2.05) is 19.1 Å². The topological polar surface area (TPSA) is 87.3 Å². The largest absolute Gasteiger partial charge is 0.352 e. The molecule has 142 valence electrons. The fraction of sp³-hybridized carbons (Fsp3) is 0.588. The van der Waals surface area contributed by atoms with Crippen molar-refractivity contribution in [3.8, 4) is 0 Å². The van der Waals surface area contributed by atoms with Gasteiger partial charge in [-0.3, -0.25) is 4.79 Å². The van der Waals surface area contributed by atoms with Crippen molar-refractivity contribution in [2.75, 3.05) is 19.6 Å². The van der Waals surface area contributed by atoms with Gasteiger partial charge in [-0.1, -0.05) is 17.7 Å². The van der Waals surface area contributed by atoms with Crippen molar-refractivity contribution in [1.29, 1.82) is 0 Å². The van der Waals surface area contributed by atoms with Crippen molar-refractivity contribution in [2.45, 2.75) is 51.0 Å². The number of halogens is 1. The van der Waals surface area contributed by atoms with Gasteiger partial charge < -0.3 is 10.6 Å². The van der Waals surface area contributed by atoms with Crippen molar-refractivity contribution in [1.82, 2.24) is 15.4 Å². The molecule has 1 aromatic carbocycles. The van der Waals surface area contributed by atoms with Gasteiger partial charge in [-0.15, -0.1) is 12.4 Å². The van der Waals surface area contributed by atoms with Gasteiger partial charge in [0.25, 0.3) is 0 Å². The molecular formula is C17H28ClN3O3S. The monoisotopic (exact) mass is 389 g/mol. The average molecular weight is 390 g/mol. The van der Waals surface area contributed by atoms with E-state index in [0.717, 1.165) is 42.6 Å². The summed E-state index contributed by atoms with van der Waals surface area (Å²) in [7, 11) is -3.61. The van der Waals surface area contributed by atoms with Crippen LogP contribution < -0.4 is 15.4 Å². The van der Waals surface area contributed by atoms with Crippen LogP contribution in [0, 0.1) is 20.8 Å². The molecule has 0 bridgehead atoms. The number of hydrogen-bond acceptors (Lipinski definition) is 4. The van der Waals surface area contributed by atoms with E-state index in [1.165, 1.54) is 0 Å². The third-order valence-electron chi connectivity index (χ3n) is 4.18. The molecule has 1 aliphatic heterocycles. The van der Waals surface area contributed by atoms with Crippen LogP contribution in [0.3, 0.4) is 0 Å². The number of piperidine rings is 1. The van der Waals surface area contributed by atoms with E-state index >= 15 is 0 Å². The molecular weight excluding hydrogens is 362 g/mol. The first kappa shape index (κ1) is 21.9. The van der Waals surface area contributed by atoms with Gasteiger partial charge >= 0.3 is 0 Å². The Hall–Kier alpha value is -1.15. The van der Waals surface area contributed by atoms with Crippen LogP contribution in [0.25, 0.3) is 0 Å². The maximum atomic E-state index is 12.5. The van der Waals surface area contributed by atoms with Crippen LogP contribution in [0.5, 0.6) is 0 Å². The lowest BCUT2D eigenvalue weighted by Crippen LogP contribution is -2.46. The molecule has 1 saturated heterocycles. The molecule has 1 amide bonds. The summed E-state index contributed by atoms with van der Waals surface area (Å²) in [5.41, 5.74) is 2.47. The molecule has 2 rings (SSSR count). The van der Waals surface area contributed by atoms with Gasteiger partial charge in [0.1, 0.15) is 0 Å². The Morgan fingerprint density at radius 1 is 1.24 bits per heavy atom. The SMILES string of the molecule is Cc1cc(C)c(S(=O)(=O)NCCC(=O)NC2CCCNC2)c(C)c1.Cl. The smallest absolute Gasteiger partial charge is 0.241 e. The highest BCUT2D eigenvalue weighted by Crippen LogP contribution is 2.21. The van der Waals surface area contributed by atoms with Crippen LogP contribution in [0.4, 0.5) is 0 Å². The van der Waals surface area contributed by atoms with Crippen LogP contribution in [-0.2, 0) is 14.8 Å². The Bertz CT molecular complexity index is 678. The number of aryl methyl sites for hydroxylation is 3. The van der Waals surface area contributed by atoms with E-state index in [4.69, 9.17) is 0 Å². The summed E-state index contributed by atoms with van der Waals surface area (Å²) in [4.78, 5) is 12.2. The van der Waals surface area contributed by atoms with Gasteiger partial charge in [0.05, 0.1) is 4.90 Å². The van der Waals surface area contributed by atoms with E-state index < -0.39 is 10.0 Å². The number of rotatable bonds is 6. The molecule has 1 aromatic rings. The quantitative estimate of drug-likeness (QED) is 0.689. The highest BCUT2D eigenvalue weighted by atomic mass is 35.5. The number of hydrogen-bond donors (Lipinski definition) is 3. The number of carbonyl (C=O) groups excluding carboxylic acids is 1. The van der Waals surface area contributed by atoms with Crippen LogP contribution in [-0.4, -0.2) is 40.0 Å². The summed E-state index contributed by atoms with van der Waals surface area (Å²) in [5, 5.41) is 6.17. The molecule has 0 saturated carbocycles. The molecule has 6 nitrogen and oxygen atoms in total. The summed E-state index contributed by atoms with van der Waals surface area (Å²) in [5.74, 6) is -0.122. The van der Waals surface area contributed by atoms with Crippen molar-refractivity contribution < 1.29 is 13.2 Å². The number of carbonyl (C=O) groups is 1. The Kier molecular flexibility index (Phi) is 8.34. The van der Waals surface area contributed by atoms with Gasteiger partial charge in [-0.25, -0.2) is 13.1 Å². The van der Waals surface area contributed by atoms with Crippen LogP contribution in [0.15, 0.2) is 17.0 Å². The number of nitrogens with one attached hydrogen (secondary N) is 3. The first-order valence-corrected chi connectivity index (χ1v) is 9.85. The molecule has 0 spiro atoms. The lowest BCUT2D eigenvalue weighted by Gasteiger charge is -2.23. The lowest BCUT2D eigenvalue weighted by molar-refractivity contribution is -0.121. The van der Waals surface area contributed by atoms with Gasteiger partial charge in [-0.2, -0.15) is 0 Å². The molecule has 1 aliphatic rings.